The SMILES string of the molecule is CCOc1ccc([C@H]2C(C#N)=C(SCC(=O)Nc3ccc(Cl)cc3)NC(=O)[C@H]2C(=O)OC)cc1Cl. The van der Waals surface area contributed by atoms with Crippen LogP contribution in [0.1, 0.15) is 18.4 Å². The highest BCUT2D eigenvalue weighted by molar-refractivity contribution is 8.03. The lowest BCUT2D eigenvalue weighted by Crippen LogP contribution is -2.44. The minimum Gasteiger partial charge on any atom is -0.492 e. The maximum atomic E-state index is 12.9. The number of carbonyl (C=O) groups is 3. The normalized spacial score (nSPS) is 17.3. The Balaban J connectivity index is 1.92. The molecule has 0 aromatic heterocycles. The van der Waals surface area contributed by atoms with Gasteiger partial charge in [0.2, 0.25) is 11.8 Å². The van der Waals surface area contributed by atoms with Crippen molar-refractivity contribution in [2.75, 3.05) is 24.8 Å². The van der Waals surface area contributed by atoms with Gasteiger partial charge in [0.15, 0.2) is 0 Å². The number of nitrogens with one attached hydrogen (secondary N) is 2. The molecule has 0 fully saturated rings. The zero-order chi connectivity index (χ0) is 25.5. The van der Waals surface area contributed by atoms with Crippen LogP contribution >= 0.6 is 35.0 Å². The molecule has 0 spiro atoms. The van der Waals surface area contributed by atoms with Crippen molar-refractivity contribution in [3.8, 4) is 11.8 Å². The maximum absolute atomic E-state index is 12.9. The lowest BCUT2D eigenvalue weighted by molar-refractivity contribution is -0.150. The largest absolute Gasteiger partial charge is 0.492 e. The number of rotatable bonds is 8. The summed E-state index contributed by atoms with van der Waals surface area (Å²) in [6.45, 7) is 2.21. The Hall–Kier alpha value is -3.19. The van der Waals surface area contributed by atoms with Gasteiger partial charge in [-0.3, -0.25) is 14.4 Å². The molecule has 2 atom stereocenters. The smallest absolute Gasteiger partial charge is 0.319 e. The number of anilines is 1. The number of nitrogens with zero attached hydrogens (tertiary/aromatic N) is 1. The number of ether oxygens (including phenoxy) is 2. The first-order valence-electron chi connectivity index (χ1n) is 10.4. The Morgan fingerprint density at radius 2 is 1.91 bits per heavy atom. The number of carbonyl (C=O) groups excluding carboxylic acids is 3. The van der Waals surface area contributed by atoms with E-state index in [0.717, 1.165) is 11.8 Å². The molecule has 0 aliphatic carbocycles. The first kappa shape index (κ1) is 26.4. The second-order valence-corrected chi connectivity index (χ2v) is 9.12. The molecule has 2 aromatic rings. The molecule has 0 bridgehead atoms. The summed E-state index contributed by atoms with van der Waals surface area (Å²) in [6, 6.07) is 13.5. The van der Waals surface area contributed by atoms with Gasteiger partial charge < -0.3 is 20.1 Å². The van der Waals surface area contributed by atoms with Gasteiger partial charge in [0.05, 0.1) is 41.2 Å². The van der Waals surface area contributed by atoms with E-state index in [0.29, 0.717) is 28.6 Å². The average molecular weight is 534 g/mol. The van der Waals surface area contributed by atoms with Crippen LogP contribution in [0.15, 0.2) is 53.1 Å². The molecule has 8 nitrogen and oxygen atoms in total. The van der Waals surface area contributed by atoms with Gasteiger partial charge in [0, 0.05) is 16.6 Å². The van der Waals surface area contributed by atoms with Crippen LogP contribution in [0.4, 0.5) is 5.69 Å². The van der Waals surface area contributed by atoms with Crippen molar-refractivity contribution in [3.05, 3.63) is 68.7 Å². The van der Waals surface area contributed by atoms with Gasteiger partial charge in [0.25, 0.3) is 0 Å². The summed E-state index contributed by atoms with van der Waals surface area (Å²) in [5.41, 5.74) is 1.13. The van der Waals surface area contributed by atoms with Crippen LogP contribution in [-0.2, 0) is 19.1 Å². The molecular formula is C24H21Cl2N3O5S. The summed E-state index contributed by atoms with van der Waals surface area (Å²) in [7, 11) is 1.17. The number of esters is 1. The fourth-order valence-electron chi connectivity index (χ4n) is 3.53. The minimum absolute atomic E-state index is 0.0942. The van der Waals surface area contributed by atoms with Crippen LogP contribution in [0.5, 0.6) is 5.75 Å². The Bertz CT molecular complexity index is 1210. The molecule has 11 heteroatoms. The van der Waals surface area contributed by atoms with Crippen LogP contribution in [0.3, 0.4) is 0 Å². The van der Waals surface area contributed by atoms with E-state index in [-0.39, 0.29) is 27.3 Å². The molecule has 35 heavy (non-hydrogen) atoms. The van der Waals surface area contributed by atoms with Gasteiger partial charge in [-0.2, -0.15) is 5.26 Å². The molecule has 2 aromatic carbocycles. The van der Waals surface area contributed by atoms with E-state index in [1.807, 2.05) is 6.92 Å². The number of halogens is 2. The van der Waals surface area contributed by atoms with E-state index in [2.05, 4.69) is 16.7 Å². The summed E-state index contributed by atoms with van der Waals surface area (Å²) in [6.07, 6.45) is 0. The fraction of sp³-hybridized carbons (Fsp3) is 0.250. The molecule has 2 amide bonds. The van der Waals surface area contributed by atoms with E-state index in [9.17, 15) is 19.6 Å². The van der Waals surface area contributed by atoms with Crippen LogP contribution in [-0.4, -0.2) is 37.3 Å². The Morgan fingerprint density at radius 1 is 1.20 bits per heavy atom. The summed E-state index contributed by atoms with van der Waals surface area (Å²) in [5.74, 6) is -3.73. The maximum Gasteiger partial charge on any atom is 0.319 e. The zero-order valence-electron chi connectivity index (χ0n) is 18.8. The molecule has 0 saturated carbocycles. The highest BCUT2D eigenvalue weighted by atomic mass is 35.5. The second-order valence-electron chi connectivity index (χ2n) is 7.29. The predicted molar refractivity (Wildman–Crippen MR) is 134 cm³/mol. The summed E-state index contributed by atoms with van der Waals surface area (Å²) in [5, 5.41) is 16.3. The molecule has 0 saturated heterocycles. The van der Waals surface area contributed by atoms with Gasteiger partial charge in [0.1, 0.15) is 11.7 Å². The molecule has 2 N–H and O–H groups in total. The first-order chi connectivity index (χ1) is 16.8. The molecule has 0 unspecified atom stereocenters. The van der Waals surface area contributed by atoms with E-state index in [1.165, 1.54) is 7.11 Å². The second kappa shape index (κ2) is 12.0. The van der Waals surface area contributed by atoms with Gasteiger partial charge >= 0.3 is 5.97 Å². The van der Waals surface area contributed by atoms with Crippen molar-refractivity contribution < 1.29 is 23.9 Å². The lowest BCUT2D eigenvalue weighted by Gasteiger charge is -2.31. The van der Waals surface area contributed by atoms with E-state index in [4.69, 9.17) is 32.7 Å². The van der Waals surface area contributed by atoms with Crippen LogP contribution in [0.2, 0.25) is 10.0 Å². The predicted octanol–water partition coefficient (Wildman–Crippen LogP) is 4.50. The molecule has 3 rings (SSSR count). The number of hydrogen-bond donors (Lipinski definition) is 2. The Morgan fingerprint density at radius 3 is 2.51 bits per heavy atom. The third-order valence-corrected chi connectivity index (χ3v) is 6.64. The standard InChI is InChI=1S/C24H21Cl2N3O5S/c1-3-34-18-9-4-13(10-17(18)26)20-16(11-27)23(29-22(31)21(20)24(32)33-2)35-12-19(30)28-15-7-5-14(25)6-8-15/h4-10,20-21H,3,12H2,1-2H3,(H,28,30)(H,29,31)/t20-,21-/m0/s1. The van der Waals surface area contributed by atoms with Crippen molar-refractivity contribution in [2.45, 2.75) is 12.8 Å². The number of thioether (sulfide) groups is 1. The van der Waals surface area contributed by atoms with Crippen molar-refractivity contribution in [3.63, 3.8) is 0 Å². The van der Waals surface area contributed by atoms with Gasteiger partial charge in [-0.25, -0.2) is 0 Å². The quantitative estimate of drug-likeness (QED) is 0.378. The molecule has 1 aliphatic rings. The summed E-state index contributed by atoms with van der Waals surface area (Å²) >= 11 is 13.2. The third-order valence-electron chi connectivity index (χ3n) is 5.07. The van der Waals surface area contributed by atoms with E-state index < -0.39 is 23.7 Å². The van der Waals surface area contributed by atoms with Crippen LogP contribution in [0, 0.1) is 17.2 Å². The number of methoxy groups -OCH3 is 1. The van der Waals surface area contributed by atoms with Crippen molar-refractivity contribution in [1.82, 2.24) is 5.32 Å². The Labute approximate surface area is 216 Å². The number of amides is 2. The molecule has 0 radical (unpaired) electrons. The topological polar surface area (TPSA) is 118 Å². The van der Waals surface area contributed by atoms with Gasteiger partial charge in [-0.1, -0.05) is 41.0 Å². The third kappa shape index (κ3) is 6.28. The van der Waals surface area contributed by atoms with Crippen LogP contribution < -0.4 is 15.4 Å². The first-order valence-corrected chi connectivity index (χ1v) is 12.2. The number of hydrogen-bond acceptors (Lipinski definition) is 7. The van der Waals surface area contributed by atoms with Gasteiger partial charge in [-0.05, 0) is 48.9 Å². The molecular weight excluding hydrogens is 513 g/mol. The zero-order valence-corrected chi connectivity index (χ0v) is 21.1. The highest BCUT2D eigenvalue weighted by Gasteiger charge is 2.44. The molecule has 1 aliphatic heterocycles. The highest BCUT2D eigenvalue weighted by Crippen LogP contribution is 2.42. The molecule has 182 valence electrons. The van der Waals surface area contributed by atoms with Crippen molar-refractivity contribution in [2.24, 2.45) is 5.92 Å². The number of nitriles is 1. The fourth-order valence-corrected chi connectivity index (χ4v) is 4.75. The lowest BCUT2D eigenvalue weighted by atomic mass is 9.78. The van der Waals surface area contributed by atoms with Gasteiger partial charge in [-0.15, -0.1) is 0 Å². The van der Waals surface area contributed by atoms with E-state index in [1.54, 1.807) is 42.5 Å². The monoisotopic (exact) mass is 533 g/mol. The summed E-state index contributed by atoms with van der Waals surface area (Å²) in [4.78, 5) is 37.9. The Kier molecular flexibility index (Phi) is 9.04. The number of allylic oxidation sites excluding steroid dienone is 1. The van der Waals surface area contributed by atoms with E-state index >= 15 is 0 Å². The van der Waals surface area contributed by atoms with Crippen molar-refractivity contribution >= 4 is 58.4 Å². The minimum atomic E-state index is -1.31. The number of benzene rings is 2. The van der Waals surface area contributed by atoms with Crippen LogP contribution in [0.25, 0.3) is 0 Å². The average Bonchev–Trinajstić information content (AvgIpc) is 2.84. The summed E-state index contributed by atoms with van der Waals surface area (Å²) < 4.78 is 10.3. The molecule has 1 heterocycles. The van der Waals surface area contributed by atoms with Crippen molar-refractivity contribution in [1.29, 1.82) is 5.26 Å².